The molecule has 0 amide bonds. The number of rotatable bonds is 5. The molecule has 1 aromatic heterocycles. The van der Waals surface area contributed by atoms with Crippen molar-refractivity contribution in [1.82, 2.24) is 0 Å². The Morgan fingerprint density at radius 1 is 0.667 bits per heavy atom. The normalized spacial score (nSPS) is 13.2. The zero-order valence-corrected chi connectivity index (χ0v) is 22.7. The van der Waals surface area contributed by atoms with Crippen LogP contribution in [0, 0.1) is 13.8 Å². The van der Waals surface area contributed by atoms with Gasteiger partial charge in [-0.2, -0.15) is 0 Å². The Kier molecular flexibility index (Phi) is 6.38. The number of benzene rings is 3. The van der Waals surface area contributed by atoms with Gasteiger partial charge in [0.2, 0.25) is 0 Å². The number of nitrogens with zero attached hydrogens (tertiary/aromatic N) is 3. The van der Waals surface area contributed by atoms with Crippen LogP contribution in [0.2, 0.25) is 0 Å². The Morgan fingerprint density at radius 3 is 1.89 bits per heavy atom. The molecule has 5 rings (SSSR count). The van der Waals surface area contributed by atoms with Crippen LogP contribution in [0.15, 0.2) is 85.1 Å². The van der Waals surface area contributed by atoms with Gasteiger partial charge in [0.25, 0.3) is 5.82 Å². The topological polar surface area (TPSA) is 10.4 Å². The summed E-state index contributed by atoms with van der Waals surface area (Å²) in [6, 6.07) is 28.9. The molecule has 1 aliphatic rings. The third-order valence-corrected chi connectivity index (χ3v) is 7.51. The van der Waals surface area contributed by atoms with Crippen molar-refractivity contribution in [1.29, 1.82) is 0 Å². The van der Waals surface area contributed by atoms with Crippen LogP contribution in [0.1, 0.15) is 61.8 Å². The van der Waals surface area contributed by atoms with Gasteiger partial charge in [-0.05, 0) is 72.2 Å². The van der Waals surface area contributed by atoms with Crippen LogP contribution < -0.4 is 19.7 Å². The van der Waals surface area contributed by atoms with Crippen LogP contribution in [0.4, 0.5) is 22.9 Å². The highest BCUT2D eigenvalue weighted by Crippen LogP contribution is 2.47. The monoisotopic (exact) mass is 474 g/mol. The van der Waals surface area contributed by atoms with E-state index in [0.29, 0.717) is 11.8 Å². The van der Waals surface area contributed by atoms with E-state index >= 15 is 0 Å². The summed E-state index contributed by atoms with van der Waals surface area (Å²) in [5.74, 6) is 2.05. The molecule has 0 saturated carbocycles. The predicted molar refractivity (Wildman–Crippen MR) is 154 cm³/mol. The Morgan fingerprint density at radius 2 is 1.28 bits per heavy atom. The molecule has 3 nitrogen and oxygen atoms in total. The van der Waals surface area contributed by atoms with E-state index in [4.69, 9.17) is 0 Å². The van der Waals surface area contributed by atoms with Crippen molar-refractivity contribution in [2.75, 3.05) is 9.62 Å². The number of aryl methyl sites for hydroxylation is 3. The molecule has 4 aromatic rings. The lowest BCUT2D eigenvalue weighted by Crippen LogP contribution is -2.57. The number of hydrogen-bond donors (Lipinski definition) is 0. The van der Waals surface area contributed by atoms with Crippen molar-refractivity contribution in [3.8, 4) is 0 Å². The van der Waals surface area contributed by atoms with Crippen molar-refractivity contribution in [2.24, 2.45) is 7.05 Å². The summed E-state index contributed by atoms with van der Waals surface area (Å²) >= 11 is 0. The van der Waals surface area contributed by atoms with Crippen molar-refractivity contribution in [2.45, 2.75) is 53.4 Å². The molecule has 0 N–H and O–H groups in total. The van der Waals surface area contributed by atoms with Gasteiger partial charge in [0.05, 0.1) is 13.2 Å². The number of para-hydroxylation sites is 2. The average molecular weight is 474 g/mol. The van der Waals surface area contributed by atoms with Gasteiger partial charge in [-0.15, -0.1) is 0 Å². The summed E-state index contributed by atoms with van der Waals surface area (Å²) < 4.78 is 2.29. The minimum atomic E-state index is -0.00759. The lowest BCUT2D eigenvalue weighted by Gasteiger charge is -2.30. The first-order valence-electron chi connectivity index (χ1n) is 13.1. The van der Waals surface area contributed by atoms with E-state index in [-0.39, 0.29) is 6.98 Å². The molecule has 0 spiro atoms. The number of anilines is 4. The molecule has 0 fully saturated rings. The van der Waals surface area contributed by atoms with Crippen molar-refractivity contribution >= 4 is 35.3 Å². The lowest BCUT2D eigenvalue weighted by atomic mass is 9.58. The second kappa shape index (κ2) is 9.50. The van der Waals surface area contributed by atoms with Gasteiger partial charge in [0.1, 0.15) is 11.4 Å². The molecular formula is C32H37BN3+. The summed E-state index contributed by atoms with van der Waals surface area (Å²) in [5.41, 5.74) is 10.5. The molecule has 0 radical (unpaired) electrons. The maximum atomic E-state index is 2.58. The Bertz CT molecular complexity index is 1370. The fourth-order valence-electron chi connectivity index (χ4n) is 5.76. The molecule has 182 valence electrons. The highest BCUT2D eigenvalue weighted by Gasteiger charge is 2.55. The highest BCUT2D eigenvalue weighted by atomic mass is 15.4. The van der Waals surface area contributed by atoms with Gasteiger partial charge in [-0.3, -0.25) is 4.81 Å². The quantitative estimate of drug-likeness (QED) is 0.226. The summed E-state index contributed by atoms with van der Waals surface area (Å²) in [4.78, 5) is 5.15. The predicted octanol–water partition coefficient (Wildman–Crippen LogP) is 7.06. The molecule has 36 heavy (non-hydrogen) atoms. The molecule has 1 aliphatic heterocycles. The molecule has 3 aromatic carbocycles. The molecule has 0 aliphatic carbocycles. The van der Waals surface area contributed by atoms with Crippen LogP contribution in [-0.2, 0) is 7.05 Å². The van der Waals surface area contributed by atoms with Crippen molar-refractivity contribution in [3.05, 3.63) is 107 Å². The standard InChI is InChI=1S/C32H37BN3/c1-22(2)27-17-13-18-28(23(3)4)30(27)33-35(26-15-9-8-10-16-26)31-25(6)20-21-34(7)32(31)36(33)29-19-12-11-14-24(29)5/h8-23H,1-7H3/q+1. The minimum absolute atomic E-state index is 0.00759. The number of fused-ring (bicyclic) bond motifs is 1. The maximum Gasteiger partial charge on any atom is 0.543 e. The number of hydrogen-bond acceptors (Lipinski definition) is 2. The Hall–Kier alpha value is -3.53. The van der Waals surface area contributed by atoms with Gasteiger partial charge < -0.3 is 4.81 Å². The van der Waals surface area contributed by atoms with E-state index in [9.17, 15) is 0 Å². The van der Waals surface area contributed by atoms with E-state index in [0.717, 1.165) is 0 Å². The largest absolute Gasteiger partial charge is 0.543 e. The molecule has 0 saturated heterocycles. The number of pyridine rings is 1. The van der Waals surface area contributed by atoms with E-state index in [1.54, 1.807) is 0 Å². The third-order valence-electron chi connectivity index (χ3n) is 7.51. The summed E-state index contributed by atoms with van der Waals surface area (Å²) in [6.45, 7) is 13.7. The summed E-state index contributed by atoms with van der Waals surface area (Å²) in [5, 5.41) is 0. The van der Waals surface area contributed by atoms with E-state index in [1.165, 1.54) is 50.6 Å². The van der Waals surface area contributed by atoms with Gasteiger partial charge >= 0.3 is 6.98 Å². The second-order valence-corrected chi connectivity index (χ2v) is 10.7. The van der Waals surface area contributed by atoms with Crippen LogP contribution in [-0.4, -0.2) is 6.98 Å². The van der Waals surface area contributed by atoms with Gasteiger partial charge in [0, 0.05) is 11.2 Å². The first kappa shape index (κ1) is 24.2. The smallest absolute Gasteiger partial charge is 0.333 e. The first-order valence-corrected chi connectivity index (χ1v) is 13.1. The molecular weight excluding hydrogens is 437 g/mol. The van der Waals surface area contributed by atoms with Crippen LogP contribution in [0.3, 0.4) is 0 Å². The fraction of sp³-hybridized carbons (Fsp3) is 0.281. The Labute approximate surface area is 217 Å². The Balaban J connectivity index is 1.94. The van der Waals surface area contributed by atoms with E-state index < -0.39 is 0 Å². The van der Waals surface area contributed by atoms with Crippen molar-refractivity contribution < 1.29 is 4.57 Å². The zero-order chi connectivity index (χ0) is 25.6. The molecule has 2 heterocycles. The fourth-order valence-corrected chi connectivity index (χ4v) is 5.76. The van der Waals surface area contributed by atoms with E-state index in [1.807, 2.05) is 0 Å². The summed E-state index contributed by atoms with van der Waals surface area (Å²) in [7, 11) is 2.17. The van der Waals surface area contributed by atoms with Gasteiger partial charge in [0.15, 0.2) is 0 Å². The zero-order valence-electron chi connectivity index (χ0n) is 22.7. The second-order valence-electron chi connectivity index (χ2n) is 10.7. The average Bonchev–Trinajstić information content (AvgIpc) is 3.23. The molecule has 0 atom stereocenters. The third kappa shape index (κ3) is 3.89. The maximum absolute atomic E-state index is 2.58. The molecule has 0 unspecified atom stereocenters. The first-order chi connectivity index (χ1) is 17.3. The van der Waals surface area contributed by atoms with E-state index in [2.05, 4.69) is 148 Å². The SMILES string of the molecule is Cc1ccccc1N1B(c2c(C(C)C)cccc2C(C)C)N(c2ccccc2)c2c(C)cc[n+](C)c21. The molecule has 0 bridgehead atoms. The van der Waals surface area contributed by atoms with Crippen LogP contribution >= 0.6 is 0 Å². The molecule has 4 heteroatoms. The van der Waals surface area contributed by atoms with Crippen LogP contribution in [0.5, 0.6) is 0 Å². The summed E-state index contributed by atoms with van der Waals surface area (Å²) in [6.07, 6.45) is 2.20. The van der Waals surface area contributed by atoms with Gasteiger partial charge in [-0.25, -0.2) is 4.57 Å². The van der Waals surface area contributed by atoms with Crippen LogP contribution in [0.25, 0.3) is 0 Å². The number of aromatic nitrogens is 1. The highest BCUT2D eigenvalue weighted by molar-refractivity contribution is 6.85. The van der Waals surface area contributed by atoms with Gasteiger partial charge in [-0.1, -0.05) is 82.3 Å². The van der Waals surface area contributed by atoms with Crippen molar-refractivity contribution in [3.63, 3.8) is 0 Å². The minimum Gasteiger partial charge on any atom is -0.333 e. The lowest BCUT2D eigenvalue weighted by molar-refractivity contribution is -0.657.